The number of hydrogen-bond acceptors (Lipinski definition) is 1. The molecule has 0 aliphatic rings. The normalized spacial score (nSPS) is 12.0. The molecule has 0 radical (unpaired) electrons. The second-order valence-corrected chi connectivity index (χ2v) is 3.15. The molecule has 0 aliphatic heterocycles. The van der Waals surface area contributed by atoms with Crippen LogP contribution in [0.4, 0.5) is 0 Å². The van der Waals surface area contributed by atoms with Crippen molar-refractivity contribution in [3.63, 3.8) is 0 Å². The van der Waals surface area contributed by atoms with Crippen molar-refractivity contribution in [2.24, 2.45) is 5.92 Å². The third-order valence-corrected chi connectivity index (χ3v) is 1.39. The largest absolute Gasteiger partial charge is 0.295 e. The van der Waals surface area contributed by atoms with Crippen molar-refractivity contribution in [3.8, 4) is 0 Å². The molecule has 0 fully saturated rings. The minimum Gasteiger partial charge on any atom is -0.295 e. The first-order chi connectivity index (χ1) is 5.66. The summed E-state index contributed by atoms with van der Waals surface area (Å²) >= 11 is 0. The number of carbonyl (C=O) groups is 1. The fourth-order valence-corrected chi connectivity index (χ4v) is 0.734. The quantitative estimate of drug-likeness (QED) is 0.453. The molecule has 0 saturated heterocycles. The molecule has 0 saturated carbocycles. The van der Waals surface area contributed by atoms with Gasteiger partial charge in [-0.3, -0.25) is 4.79 Å². The van der Waals surface area contributed by atoms with E-state index in [4.69, 9.17) is 0 Å². The maximum Gasteiger partial charge on any atom is 0.159 e. The summed E-state index contributed by atoms with van der Waals surface area (Å²) in [6, 6.07) is 0. The predicted octanol–water partition coefficient (Wildman–Crippen LogP) is 3.12. The number of allylic oxidation sites excluding steroid dienone is 4. The molecule has 12 heavy (non-hydrogen) atoms. The van der Waals surface area contributed by atoms with Crippen LogP contribution in [0.5, 0.6) is 0 Å². The van der Waals surface area contributed by atoms with Gasteiger partial charge in [-0.25, -0.2) is 0 Å². The average Bonchev–Trinajstić information content (AvgIpc) is 2.01. The number of hydrogen-bond donors (Lipinski definition) is 0. The summed E-state index contributed by atoms with van der Waals surface area (Å²) in [4.78, 5) is 11.1. The molecule has 0 aliphatic carbocycles. The monoisotopic (exact) mass is 166 g/mol. The van der Waals surface area contributed by atoms with Crippen LogP contribution in [-0.4, -0.2) is 5.78 Å². The summed E-state index contributed by atoms with van der Waals surface area (Å²) in [5.41, 5.74) is 0. The van der Waals surface area contributed by atoms with E-state index in [1.807, 2.05) is 18.2 Å². The zero-order chi connectivity index (χ0) is 9.40. The van der Waals surface area contributed by atoms with E-state index in [0.29, 0.717) is 12.3 Å². The second-order valence-electron chi connectivity index (χ2n) is 3.15. The van der Waals surface area contributed by atoms with Crippen molar-refractivity contribution in [3.05, 3.63) is 24.3 Å². The van der Waals surface area contributed by atoms with Gasteiger partial charge in [0.1, 0.15) is 0 Å². The molecule has 0 rings (SSSR count). The highest BCUT2D eigenvalue weighted by Crippen LogP contribution is 1.96. The van der Waals surface area contributed by atoms with E-state index in [0.717, 1.165) is 6.42 Å². The molecule has 1 heteroatoms. The molecule has 0 aromatic carbocycles. The Morgan fingerprint density at radius 3 is 2.50 bits per heavy atom. The van der Waals surface area contributed by atoms with Crippen molar-refractivity contribution < 1.29 is 4.79 Å². The SMILES string of the molecule is CCC=CCC(=O)C=CC(C)C. The third-order valence-electron chi connectivity index (χ3n) is 1.39. The first-order valence-electron chi connectivity index (χ1n) is 4.52. The fourth-order valence-electron chi connectivity index (χ4n) is 0.734. The zero-order valence-corrected chi connectivity index (χ0v) is 8.21. The lowest BCUT2D eigenvalue weighted by atomic mass is 10.1. The van der Waals surface area contributed by atoms with Gasteiger partial charge in [-0.1, -0.05) is 39.0 Å². The highest BCUT2D eigenvalue weighted by Gasteiger charge is 1.91. The first-order valence-corrected chi connectivity index (χ1v) is 4.52. The Hall–Kier alpha value is -0.850. The van der Waals surface area contributed by atoms with Gasteiger partial charge in [-0.15, -0.1) is 0 Å². The molecule has 1 nitrogen and oxygen atoms in total. The van der Waals surface area contributed by atoms with E-state index in [2.05, 4.69) is 20.8 Å². The number of ketones is 1. The summed E-state index contributed by atoms with van der Waals surface area (Å²) < 4.78 is 0. The van der Waals surface area contributed by atoms with Crippen LogP contribution in [0, 0.1) is 5.92 Å². The average molecular weight is 166 g/mol. The molecule has 0 spiro atoms. The van der Waals surface area contributed by atoms with Gasteiger partial charge in [0.25, 0.3) is 0 Å². The summed E-state index contributed by atoms with van der Waals surface area (Å²) in [7, 11) is 0. The molecule has 0 heterocycles. The van der Waals surface area contributed by atoms with E-state index < -0.39 is 0 Å². The smallest absolute Gasteiger partial charge is 0.159 e. The zero-order valence-electron chi connectivity index (χ0n) is 8.21. The summed E-state index contributed by atoms with van der Waals surface area (Å²) in [5.74, 6) is 0.650. The molecule has 0 atom stereocenters. The molecule has 0 bridgehead atoms. The molecule has 0 aromatic rings. The van der Waals surface area contributed by atoms with Gasteiger partial charge < -0.3 is 0 Å². The highest BCUT2D eigenvalue weighted by molar-refractivity contribution is 5.90. The van der Waals surface area contributed by atoms with Gasteiger partial charge in [-0.05, 0) is 18.4 Å². The standard InChI is InChI=1S/C11H18O/c1-4-5-6-7-11(12)9-8-10(2)3/h5-6,8-10H,4,7H2,1-3H3. The third kappa shape index (κ3) is 7.26. The second kappa shape index (κ2) is 6.84. The van der Waals surface area contributed by atoms with Crippen LogP contribution in [0.3, 0.4) is 0 Å². The Bertz CT molecular complexity index is 175. The Kier molecular flexibility index (Phi) is 6.35. The van der Waals surface area contributed by atoms with E-state index in [-0.39, 0.29) is 5.78 Å². The van der Waals surface area contributed by atoms with Gasteiger partial charge >= 0.3 is 0 Å². The molecule has 68 valence electrons. The lowest BCUT2D eigenvalue weighted by molar-refractivity contribution is -0.113. The molecule has 0 N–H and O–H groups in total. The van der Waals surface area contributed by atoms with Crippen molar-refractivity contribution in [1.82, 2.24) is 0 Å². The van der Waals surface area contributed by atoms with Crippen LogP contribution in [0.1, 0.15) is 33.6 Å². The Balaban J connectivity index is 3.67. The minimum absolute atomic E-state index is 0.188. The summed E-state index contributed by atoms with van der Waals surface area (Å²) in [6.07, 6.45) is 9.08. The lowest BCUT2D eigenvalue weighted by Gasteiger charge is -1.91. The number of carbonyl (C=O) groups excluding carboxylic acids is 1. The Labute approximate surface area is 75.2 Å². The molecular formula is C11H18O. The fraction of sp³-hybridized carbons (Fsp3) is 0.545. The van der Waals surface area contributed by atoms with Crippen molar-refractivity contribution in [2.45, 2.75) is 33.6 Å². The van der Waals surface area contributed by atoms with E-state index >= 15 is 0 Å². The van der Waals surface area contributed by atoms with Crippen LogP contribution >= 0.6 is 0 Å². The maximum atomic E-state index is 11.1. The topological polar surface area (TPSA) is 17.1 Å². The van der Waals surface area contributed by atoms with Gasteiger partial charge in [0.15, 0.2) is 5.78 Å². The van der Waals surface area contributed by atoms with E-state index in [1.165, 1.54) is 0 Å². The van der Waals surface area contributed by atoms with E-state index in [1.54, 1.807) is 6.08 Å². The summed E-state index contributed by atoms with van der Waals surface area (Å²) in [5, 5.41) is 0. The molecular weight excluding hydrogens is 148 g/mol. The highest BCUT2D eigenvalue weighted by atomic mass is 16.1. The number of rotatable bonds is 5. The van der Waals surface area contributed by atoms with Gasteiger partial charge in [0, 0.05) is 6.42 Å². The predicted molar refractivity (Wildman–Crippen MR) is 53.0 cm³/mol. The molecule has 0 unspecified atom stereocenters. The van der Waals surface area contributed by atoms with Crippen LogP contribution < -0.4 is 0 Å². The van der Waals surface area contributed by atoms with Crippen molar-refractivity contribution >= 4 is 5.78 Å². The van der Waals surface area contributed by atoms with Gasteiger partial charge in [0.05, 0.1) is 0 Å². The first kappa shape index (κ1) is 11.2. The van der Waals surface area contributed by atoms with E-state index in [9.17, 15) is 4.79 Å². The van der Waals surface area contributed by atoms with Gasteiger partial charge in [0.2, 0.25) is 0 Å². The van der Waals surface area contributed by atoms with Crippen molar-refractivity contribution in [2.75, 3.05) is 0 Å². The molecule has 0 aromatic heterocycles. The van der Waals surface area contributed by atoms with Crippen LogP contribution in [0.2, 0.25) is 0 Å². The van der Waals surface area contributed by atoms with Crippen LogP contribution in [0.25, 0.3) is 0 Å². The van der Waals surface area contributed by atoms with Crippen LogP contribution in [-0.2, 0) is 4.79 Å². The summed E-state index contributed by atoms with van der Waals surface area (Å²) in [6.45, 7) is 6.18. The lowest BCUT2D eigenvalue weighted by Crippen LogP contribution is -1.90. The minimum atomic E-state index is 0.188. The Morgan fingerprint density at radius 1 is 1.33 bits per heavy atom. The molecule has 0 amide bonds. The van der Waals surface area contributed by atoms with Gasteiger partial charge in [-0.2, -0.15) is 0 Å². The maximum absolute atomic E-state index is 11.1. The van der Waals surface area contributed by atoms with Crippen LogP contribution in [0.15, 0.2) is 24.3 Å². The Morgan fingerprint density at radius 2 is 2.00 bits per heavy atom. The van der Waals surface area contributed by atoms with Crippen molar-refractivity contribution in [1.29, 1.82) is 0 Å².